The number of nitrogens with one attached hydrogen (secondary N) is 1. The first-order chi connectivity index (χ1) is 17.4. The monoisotopic (exact) mass is 519 g/mol. The Kier molecular flexibility index (Phi) is 8.86. The molecule has 2 amide bonds. The van der Waals surface area contributed by atoms with Crippen LogP contribution in [0.3, 0.4) is 0 Å². The van der Waals surface area contributed by atoms with Gasteiger partial charge < -0.3 is 5.32 Å². The summed E-state index contributed by atoms with van der Waals surface area (Å²) in [6.45, 7) is 6.32. The molecule has 0 atom stereocenters. The standard InChI is InChI=1S/C29H30ClN3O2S/c1-21(2)32(19-22-9-4-3-5-10-22)16-15-31-28(34)20-33-25-13-6-7-14-26(25)36-27(29(33)35)18-23-11-8-12-24(30)17-23/h3-14,17-18,21H,15-16,19-20H2,1-2H3,(H,31,34). The smallest absolute Gasteiger partial charge is 0.265 e. The minimum atomic E-state index is -0.193. The minimum Gasteiger partial charge on any atom is -0.353 e. The molecule has 0 bridgehead atoms. The van der Waals surface area contributed by atoms with E-state index >= 15 is 0 Å². The molecule has 36 heavy (non-hydrogen) atoms. The van der Waals surface area contributed by atoms with Gasteiger partial charge in [-0.1, -0.05) is 78.0 Å². The van der Waals surface area contributed by atoms with Gasteiger partial charge in [0.15, 0.2) is 0 Å². The van der Waals surface area contributed by atoms with Gasteiger partial charge in [-0.2, -0.15) is 0 Å². The van der Waals surface area contributed by atoms with Gasteiger partial charge in [0.25, 0.3) is 5.91 Å². The first-order valence-corrected chi connectivity index (χ1v) is 13.2. The molecule has 1 aliphatic heterocycles. The summed E-state index contributed by atoms with van der Waals surface area (Å²) >= 11 is 7.54. The second-order valence-electron chi connectivity index (χ2n) is 8.92. The highest BCUT2D eigenvalue weighted by Crippen LogP contribution is 2.42. The van der Waals surface area contributed by atoms with Crippen molar-refractivity contribution < 1.29 is 9.59 Å². The summed E-state index contributed by atoms with van der Waals surface area (Å²) in [5, 5.41) is 3.61. The van der Waals surface area contributed by atoms with Crippen molar-refractivity contribution in [2.45, 2.75) is 31.3 Å². The van der Waals surface area contributed by atoms with Gasteiger partial charge in [0.1, 0.15) is 6.54 Å². The Labute approximate surface area is 222 Å². The van der Waals surface area contributed by atoms with Crippen LogP contribution in [-0.4, -0.2) is 42.4 Å². The van der Waals surface area contributed by atoms with Gasteiger partial charge in [0.05, 0.1) is 10.6 Å². The summed E-state index contributed by atoms with van der Waals surface area (Å²) < 4.78 is 0. The lowest BCUT2D eigenvalue weighted by molar-refractivity contribution is -0.122. The number of rotatable bonds is 9. The molecule has 5 nitrogen and oxygen atoms in total. The Balaban J connectivity index is 1.42. The molecule has 186 valence electrons. The van der Waals surface area contributed by atoms with Crippen LogP contribution in [0.25, 0.3) is 6.08 Å². The van der Waals surface area contributed by atoms with E-state index in [4.69, 9.17) is 11.6 Å². The molecule has 0 spiro atoms. The van der Waals surface area contributed by atoms with Crippen molar-refractivity contribution in [2.24, 2.45) is 0 Å². The molecule has 0 unspecified atom stereocenters. The molecule has 0 aromatic heterocycles. The summed E-state index contributed by atoms with van der Waals surface area (Å²) in [5.74, 6) is -0.378. The van der Waals surface area contributed by atoms with Crippen LogP contribution in [0.15, 0.2) is 88.7 Å². The van der Waals surface area contributed by atoms with Crippen molar-refractivity contribution in [1.82, 2.24) is 10.2 Å². The van der Waals surface area contributed by atoms with Crippen molar-refractivity contribution in [3.63, 3.8) is 0 Å². The fourth-order valence-electron chi connectivity index (χ4n) is 4.04. The van der Waals surface area contributed by atoms with Crippen molar-refractivity contribution in [1.29, 1.82) is 0 Å². The number of halogens is 1. The largest absolute Gasteiger partial charge is 0.353 e. The molecule has 0 fully saturated rings. The first kappa shape index (κ1) is 26.0. The van der Waals surface area contributed by atoms with Crippen molar-refractivity contribution in [2.75, 3.05) is 24.5 Å². The van der Waals surface area contributed by atoms with Gasteiger partial charge in [0.2, 0.25) is 5.91 Å². The summed E-state index contributed by atoms with van der Waals surface area (Å²) in [7, 11) is 0. The van der Waals surface area contributed by atoms with Crippen LogP contribution in [0.5, 0.6) is 0 Å². The topological polar surface area (TPSA) is 52.7 Å². The molecule has 1 N–H and O–H groups in total. The van der Waals surface area contributed by atoms with Crippen LogP contribution >= 0.6 is 23.4 Å². The molecule has 3 aromatic carbocycles. The van der Waals surface area contributed by atoms with Crippen LogP contribution in [0.1, 0.15) is 25.0 Å². The maximum Gasteiger partial charge on any atom is 0.265 e. The first-order valence-electron chi connectivity index (χ1n) is 12.0. The van der Waals surface area contributed by atoms with E-state index in [0.717, 1.165) is 29.2 Å². The quantitative estimate of drug-likeness (QED) is 0.360. The van der Waals surface area contributed by atoms with Gasteiger partial charge in [-0.15, -0.1) is 0 Å². The Morgan fingerprint density at radius 3 is 2.56 bits per heavy atom. The predicted octanol–water partition coefficient (Wildman–Crippen LogP) is 5.85. The van der Waals surface area contributed by atoms with Gasteiger partial charge in [0, 0.05) is 35.6 Å². The van der Waals surface area contributed by atoms with E-state index in [1.165, 1.54) is 17.3 Å². The number of para-hydroxylation sites is 1. The maximum atomic E-state index is 13.4. The van der Waals surface area contributed by atoms with E-state index < -0.39 is 0 Å². The van der Waals surface area contributed by atoms with E-state index in [-0.39, 0.29) is 18.4 Å². The van der Waals surface area contributed by atoms with E-state index in [0.29, 0.717) is 22.5 Å². The fourth-order valence-corrected chi connectivity index (χ4v) is 5.30. The van der Waals surface area contributed by atoms with Gasteiger partial charge in [-0.3, -0.25) is 19.4 Å². The van der Waals surface area contributed by atoms with Gasteiger partial charge >= 0.3 is 0 Å². The fraction of sp³-hybridized carbons (Fsp3) is 0.241. The molecule has 1 heterocycles. The zero-order valence-electron chi connectivity index (χ0n) is 20.5. The number of nitrogens with zero attached hydrogens (tertiary/aromatic N) is 2. The van der Waals surface area contributed by atoms with Crippen LogP contribution in [0, 0.1) is 0 Å². The van der Waals surface area contributed by atoms with Crippen LogP contribution in [0.4, 0.5) is 5.69 Å². The van der Waals surface area contributed by atoms with Crippen LogP contribution in [-0.2, 0) is 16.1 Å². The minimum absolute atomic E-state index is 0.0380. The number of amides is 2. The van der Waals surface area contributed by atoms with E-state index in [2.05, 4.69) is 36.2 Å². The third-order valence-corrected chi connectivity index (χ3v) is 7.27. The number of anilines is 1. The summed E-state index contributed by atoms with van der Waals surface area (Å²) in [6.07, 6.45) is 1.82. The Morgan fingerprint density at radius 1 is 1.06 bits per heavy atom. The molecule has 7 heteroatoms. The highest BCUT2D eigenvalue weighted by molar-refractivity contribution is 8.04. The number of carbonyl (C=O) groups excluding carboxylic acids is 2. The van der Waals surface area contributed by atoms with E-state index in [1.807, 2.05) is 66.7 Å². The van der Waals surface area contributed by atoms with E-state index in [9.17, 15) is 9.59 Å². The Morgan fingerprint density at radius 2 is 1.81 bits per heavy atom. The lowest BCUT2D eigenvalue weighted by Gasteiger charge is -2.30. The molecule has 4 rings (SSSR count). The maximum absolute atomic E-state index is 13.4. The van der Waals surface area contributed by atoms with Gasteiger partial charge in [-0.25, -0.2) is 0 Å². The normalized spacial score (nSPS) is 14.4. The second-order valence-corrected chi connectivity index (χ2v) is 10.4. The number of hydrogen-bond acceptors (Lipinski definition) is 4. The van der Waals surface area contributed by atoms with Crippen LogP contribution in [0.2, 0.25) is 5.02 Å². The second kappa shape index (κ2) is 12.3. The van der Waals surface area contributed by atoms with Gasteiger partial charge in [-0.05, 0) is 55.3 Å². The molecule has 0 radical (unpaired) electrons. The number of fused-ring (bicyclic) bond motifs is 1. The SMILES string of the molecule is CC(C)N(CCNC(=O)CN1C(=O)C(=Cc2cccc(Cl)c2)Sc2ccccc21)Cc1ccccc1. The number of hydrogen-bond donors (Lipinski definition) is 1. The molecule has 0 aliphatic carbocycles. The Bertz CT molecular complexity index is 1250. The summed E-state index contributed by atoms with van der Waals surface area (Å²) in [5.41, 5.74) is 2.83. The van der Waals surface area contributed by atoms with Crippen molar-refractivity contribution >= 4 is 46.9 Å². The molecule has 0 saturated carbocycles. The van der Waals surface area contributed by atoms with Crippen molar-refractivity contribution in [3.05, 3.63) is 99.9 Å². The predicted molar refractivity (Wildman–Crippen MR) is 149 cm³/mol. The average molecular weight is 520 g/mol. The molecule has 0 saturated heterocycles. The highest BCUT2D eigenvalue weighted by Gasteiger charge is 2.30. The number of thioether (sulfide) groups is 1. The zero-order chi connectivity index (χ0) is 25.5. The lowest BCUT2D eigenvalue weighted by Crippen LogP contribution is -2.45. The third-order valence-electron chi connectivity index (χ3n) is 5.96. The van der Waals surface area contributed by atoms with E-state index in [1.54, 1.807) is 11.0 Å². The number of carbonyl (C=O) groups is 2. The summed E-state index contributed by atoms with van der Waals surface area (Å²) in [4.78, 5) is 31.7. The molecular formula is C29H30ClN3O2S. The van der Waals surface area contributed by atoms with Crippen LogP contribution < -0.4 is 10.2 Å². The average Bonchev–Trinajstić information content (AvgIpc) is 2.86. The Hall–Kier alpha value is -3.06. The third kappa shape index (κ3) is 6.78. The number of benzene rings is 3. The zero-order valence-corrected chi connectivity index (χ0v) is 22.1. The lowest BCUT2D eigenvalue weighted by atomic mass is 10.2. The summed E-state index contributed by atoms with van der Waals surface area (Å²) in [6, 6.07) is 25.7. The molecular weight excluding hydrogens is 490 g/mol. The highest BCUT2D eigenvalue weighted by atomic mass is 35.5. The van der Waals surface area contributed by atoms with Crippen molar-refractivity contribution in [3.8, 4) is 0 Å². The molecule has 3 aromatic rings. The molecule has 1 aliphatic rings.